The Morgan fingerprint density at radius 2 is 1.79 bits per heavy atom. The first-order valence-corrected chi connectivity index (χ1v) is 18.9. The zero-order valence-corrected chi connectivity index (χ0v) is 31.6. The Morgan fingerprint density at radius 3 is 2.45 bits per heavy atom. The third kappa shape index (κ3) is 10.1. The van der Waals surface area contributed by atoms with E-state index in [0.29, 0.717) is 13.0 Å². The number of halogens is 4. The van der Waals surface area contributed by atoms with Gasteiger partial charge in [0.25, 0.3) is 15.9 Å². The molecule has 1 atom stereocenters. The summed E-state index contributed by atoms with van der Waals surface area (Å²) in [7, 11) is -4.43. The number of ether oxygens (including phenoxy) is 3. The summed E-state index contributed by atoms with van der Waals surface area (Å²) in [6.07, 6.45) is -2.26. The fraction of sp³-hybridized carbons (Fsp3) is 0.559. The molecule has 0 aromatic carbocycles. The number of nitrogens with one attached hydrogen (secondary N) is 2. The molecule has 1 aliphatic carbocycles. The summed E-state index contributed by atoms with van der Waals surface area (Å²) in [6, 6.07) is 8.41. The number of amides is 2. The maximum atomic E-state index is 13.1. The number of nitrogens with zero attached hydrogens (tertiary/aromatic N) is 5. The molecule has 2 fully saturated rings. The lowest BCUT2D eigenvalue weighted by atomic mass is 10.0. The highest BCUT2D eigenvalue weighted by molar-refractivity contribution is 7.90. The summed E-state index contributed by atoms with van der Waals surface area (Å²) in [6.45, 7) is 10.3. The van der Waals surface area contributed by atoms with Crippen molar-refractivity contribution in [3.63, 3.8) is 0 Å². The van der Waals surface area contributed by atoms with Crippen LogP contribution in [-0.4, -0.2) is 94.8 Å². The summed E-state index contributed by atoms with van der Waals surface area (Å²) in [4.78, 5) is 35.6. The van der Waals surface area contributed by atoms with Crippen molar-refractivity contribution in [2.24, 2.45) is 5.41 Å². The molecule has 4 heterocycles. The van der Waals surface area contributed by atoms with E-state index in [-0.39, 0.29) is 79.8 Å². The van der Waals surface area contributed by atoms with Crippen LogP contribution in [0.4, 0.5) is 23.8 Å². The Morgan fingerprint density at radius 1 is 1.06 bits per heavy atom. The number of hydrogen-bond acceptors (Lipinski definition) is 11. The second-order valence-corrected chi connectivity index (χ2v) is 16.6. The van der Waals surface area contributed by atoms with Gasteiger partial charge in [0, 0.05) is 24.3 Å². The van der Waals surface area contributed by atoms with E-state index < -0.39 is 49.8 Å². The van der Waals surface area contributed by atoms with E-state index in [0.717, 1.165) is 0 Å². The minimum absolute atomic E-state index is 0.0132. The highest BCUT2D eigenvalue weighted by atomic mass is 35.5. The van der Waals surface area contributed by atoms with E-state index in [1.807, 2.05) is 39.3 Å². The predicted molar refractivity (Wildman–Crippen MR) is 188 cm³/mol. The molecule has 3 aromatic heterocycles. The molecule has 2 N–H and O–H groups in total. The van der Waals surface area contributed by atoms with Crippen LogP contribution in [-0.2, 0) is 19.5 Å². The smallest absolute Gasteiger partial charge is 0.410 e. The first-order valence-electron chi connectivity index (χ1n) is 17.0. The highest BCUT2D eigenvalue weighted by Gasteiger charge is 2.62. The van der Waals surface area contributed by atoms with Crippen molar-refractivity contribution in [1.82, 2.24) is 29.4 Å². The first kappa shape index (κ1) is 40.0. The molecule has 2 aliphatic rings. The van der Waals surface area contributed by atoms with Crippen molar-refractivity contribution in [2.45, 2.75) is 95.2 Å². The molecule has 3 aromatic rings. The van der Waals surface area contributed by atoms with Crippen LogP contribution in [0.3, 0.4) is 0 Å². The second kappa shape index (κ2) is 15.3. The summed E-state index contributed by atoms with van der Waals surface area (Å²) < 4.78 is 85.8. The van der Waals surface area contributed by atoms with Crippen molar-refractivity contribution >= 4 is 39.4 Å². The molecule has 0 radical (unpaired) electrons. The van der Waals surface area contributed by atoms with Crippen LogP contribution < -0.4 is 14.8 Å². The molecule has 1 aliphatic heterocycles. The van der Waals surface area contributed by atoms with Gasteiger partial charge in [-0.05, 0) is 91.0 Å². The molecule has 1 unspecified atom stereocenters. The van der Waals surface area contributed by atoms with Crippen molar-refractivity contribution < 1.29 is 45.4 Å². The fourth-order valence-electron chi connectivity index (χ4n) is 5.88. The number of aromatic nitrogens is 4. The summed E-state index contributed by atoms with van der Waals surface area (Å²) in [5.74, 6) is -0.473. The van der Waals surface area contributed by atoms with Crippen molar-refractivity contribution in [3.05, 3.63) is 53.3 Å². The van der Waals surface area contributed by atoms with Gasteiger partial charge >= 0.3 is 12.3 Å². The van der Waals surface area contributed by atoms with Crippen LogP contribution >= 0.6 is 11.6 Å². The van der Waals surface area contributed by atoms with E-state index in [4.69, 9.17) is 25.8 Å². The van der Waals surface area contributed by atoms with Gasteiger partial charge in [-0.2, -0.15) is 21.6 Å². The van der Waals surface area contributed by atoms with Gasteiger partial charge in [0.1, 0.15) is 16.6 Å². The van der Waals surface area contributed by atoms with Gasteiger partial charge in [0.2, 0.25) is 5.88 Å². The molecular weight excluding hydrogens is 743 g/mol. The monoisotopic (exact) mass is 785 g/mol. The van der Waals surface area contributed by atoms with Crippen molar-refractivity contribution in [2.75, 3.05) is 31.6 Å². The Balaban J connectivity index is 1.10. The van der Waals surface area contributed by atoms with E-state index in [1.165, 1.54) is 41.2 Å². The van der Waals surface area contributed by atoms with Crippen LogP contribution in [0.25, 0.3) is 5.82 Å². The maximum Gasteiger partial charge on any atom is 0.410 e. The Bertz CT molecular complexity index is 1910. The average Bonchev–Trinajstić information content (AvgIpc) is 3.60. The lowest BCUT2D eigenvalue weighted by molar-refractivity contribution is -0.189. The number of sulfonamides is 1. The highest BCUT2D eigenvalue weighted by Crippen LogP contribution is 2.60. The number of pyridine rings is 2. The molecule has 290 valence electrons. The number of carbonyl (C=O) groups is 2. The molecule has 1 saturated carbocycles. The summed E-state index contributed by atoms with van der Waals surface area (Å²) in [5.41, 5.74) is -2.90. The van der Waals surface area contributed by atoms with Gasteiger partial charge in [-0.25, -0.2) is 24.2 Å². The molecule has 0 bridgehead atoms. The van der Waals surface area contributed by atoms with Crippen LogP contribution in [0.2, 0.25) is 5.15 Å². The number of hydrogen-bond donors (Lipinski definition) is 2. The molecule has 0 spiro atoms. The van der Waals surface area contributed by atoms with E-state index in [1.54, 1.807) is 11.0 Å². The van der Waals surface area contributed by atoms with Crippen LogP contribution in [0.5, 0.6) is 5.88 Å². The van der Waals surface area contributed by atoms with E-state index >= 15 is 0 Å². The van der Waals surface area contributed by atoms with Crippen LogP contribution in [0, 0.1) is 5.41 Å². The predicted octanol–water partition coefficient (Wildman–Crippen LogP) is 6.15. The number of likely N-dealkylation sites (tertiary alicyclic amines) is 1. The van der Waals surface area contributed by atoms with E-state index in [2.05, 4.69) is 20.4 Å². The standard InChI is InChI=1S/C34H43ClF3N7O7S/c1-31(2,3)52-30(47)44-21-22(20-32(44,4)5)50-19-16-39-24-8-6-9-27(40-24)53(48,49)43-29(46)23-10-11-25(41-28(23)35)45-17-12-26(42-45)51-18-7-13-33(14-15-33)34(36,37)38/h6,8-12,17,22H,7,13-16,18-21H2,1-5H3,(H,39,40)(H,43,46). The van der Waals surface area contributed by atoms with Crippen molar-refractivity contribution in [3.8, 4) is 11.7 Å². The minimum Gasteiger partial charge on any atom is -0.477 e. The normalized spacial score (nSPS) is 18.1. The van der Waals surface area contributed by atoms with Gasteiger partial charge < -0.3 is 24.4 Å². The zero-order chi connectivity index (χ0) is 38.8. The quantitative estimate of drug-likeness (QED) is 0.142. The molecule has 53 heavy (non-hydrogen) atoms. The number of anilines is 1. The molecule has 19 heteroatoms. The summed E-state index contributed by atoms with van der Waals surface area (Å²) in [5, 5.41) is 6.47. The SMILES string of the molecule is CC(C)(C)OC(=O)N1CC(OCCNc2cccc(S(=O)(=O)NC(=O)c3ccc(-n4ccc(OCCCC5(C(F)(F)F)CC5)n4)nc3Cl)n2)CC1(C)C. The Hall–Kier alpha value is -4.16. The van der Waals surface area contributed by atoms with Crippen LogP contribution in [0.15, 0.2) is 47.6 Å². The lowest BCUT2D eigenvalue weighted by Gasteiger charge is -2.33. The molecule has 5 rings (SSSR count). The minimum atomic E-state index is -4.43. The number of rotatable bonds is 14. The molecule has 14 nitrogen and oxygen atoms in total. The Labute approximate surface area is 310 Å². The molecule has 1 saturated heterocycles. The number of alkyl halides is 3. The van der Waals surface area contributed by atoms with Gasteiger partial charge in [0.05, 0.1) is 36.8 Å². The second-order valence-electron chi connectivity index (χ2n) is 14.7. The van der Waals surface area contributed by atoms with Gasteiger partial charge in [-0.3, -0.25) is 4.79 Å². The maximum absolute atomic E-state index is 13.1. The fourth-order valence-corrected chi connectivity index (χ4v) is 7.05. The average molecular weight is 786 g/mol. The van der Waals surface area contributed by atoms with Crippen molar-refractivity contribution in [1.29, 1.82) is 0 Å². The number of carbonyl (C=O) groups excluding carboxylic acids is 2. The summed E-state index contributed by atoms with van der Waals surface area (Å²) >= 11 is 6.26. The topological polar surface area (TPSA) is 167 Å². The van der Waals surface area contributed by atoms with E-state index in [9.17, 15) is 31.2 Å². The molecule has 2 amide bonds. The first-order chi connectivity index (χ1) is 24.7. The third-order valence-corrected chi connectivity index (χ3v) is 10.3. The van der Waals surface area contributed by atoms with Gasteiger partial charge in [0.15, 0.2) is 10.8 Å². The third-order valence-electron chi connectivity index (χ3n) is 8.83. The van der Waals surface area contributed by atoms with Gasteiger partial charge in [-0.1, -0.05) is 17.7 Å². The van der Waals surface area contributed by atoms with Gasteiger partial charge in [-0.15, -0.1) is 5.10 Å². The Kier molecular flexibility index (Phi) is 11.6. The lowest BCUT2D eigenvalue weighted by Crippen LogP contribution is -2.45. The molecular formula is C34H43ClF3N7O7S. The van der Waals surface area contributed by atoms with Crippen LogP contribution in [0.1, 0.15) is 77.1 Å². The largest absolute Gasteiger partial charge is 0.477 e. The zero-order valence-electron chi connectivity index (χ0n) is 30.0.